The molecule has 0 radical (unpaired) electrons. The SMILES string of the molecule is CCCCCCCCCCCCCCCC1CCCC(C)CC1. The van der Waals surface area contributed by atoms with Crippen LogP contribution in [0.15, 0.2) is 0 Å². The van der Waals surface area contributed by atoms with Crippen LogP contribution in [0.1, 0.15) is 136 Å². The topological polar surface area (TPSA) is 0 Å². The van der Waals surface area contributed by atoms with E-state index in [0.29, 0.717) is 0 Å². The first kappa shape index (κ1) is 21.0. The lowest BCUT2D eigenvalue weighted by Crippen LogP contribution is -1.99. The molecule has 0 aromatic rings. The van der Waals surface area contributed by atoms with E-state index in [1.165, 1.54) is 122 Å². The molecule has 23 heavy (non-hydrogen) atoms. The lowest BCUT2D eigenvalue weighted by molar-refractivity contribution is 0.397. The van der Waals surface area contributed by atoms with Crippen molar-refractivity contribution in [2.24, 2.45) is 11.8 Å². The molecule has 0 bridgehead atoms. The van der Waals surface area contributed by atoms with Gasteiger partial charge >= 0.3 is 0 Å². The molecule has 1 saturated carbocycles. The van der Waals surface area contributed by atoms with Crippen LogP contribution in [0.2, 0.25) is 0 Å². The lowest BCUT2D eigenvalue weighted by atomic mass is 9.93. The van der Waals surface area contributed by atoms with E-state index in [4.69, 9.17) is 0 Å². The zero-order valence-corrected chi connectivity index (χ0v) is 16.6. The first-order valence-corrected chi connectivity index (χ1v) is 11.3. The number of unbranched alkanes of at least 4 members (excludes halogenated alkanes) is 12. The summed E-state index contributed by atoms with van der Waals surface area (Å²) in [5, 5.41) is 0. The maximum absolute atomic E-state index is 2.45. The number of rotatable bonds is 14. The molecule has 0 amide bonds. The second-order valence-electron chi connectivity index (χ2n) is 8.51. The van der Waals surface area contributed by atoms with Gasteiger partial charge in [0.25, 0.3) is 0 Å². The van der Waals surface area contributed by atoms with Crippen LogP contribution >= 0.6 is 0 Å². The summed E-state index contributed by atoms with van der Waals surface area (Å²) in [5.74, 6) is 2.08. The molecule has 0 saturated heterocycles. The number of hydrogen-bond donors (Lipinski definition) is 0. The third kappa shape index (κ3) is 13.0. The third-order valence-electron chi connectivity index (χ3n) is 6.09. The molecule has 1 aliphatic carbocycles. The molecule has 138 valence electrons. The molecule has 2 atom stereocenters. The molecule has 1 aliphatic rings. The Morgan fingerprint density at radius 2 is 1.09 bits per heavy atom. The van der Waals surface area contributed by atoms with Gasteiger partial charge in [0.2, 0.25) is 0 Å². The fourth-order valence-corrected chi connectivity index (χ4v) is 4.30. The quantitative estimate of drug-likeness (QED) is 0.221. The van der Waals surface area contributed by atoms with E-state index < -0.39 is 0 Å². The third-order valence-corrected chi connectivity index (χ3v) is 6.09. The molecule has 0 heteroatoms. The first-order chi connectivity index (χ1) is 11.3. The summed E-state index contributed by atoms with van der Waals surface area (Å²) in [6, 6.07) is 0. The van der Waals surface area contributed by atoms with Crippen molar-refractivity contribution in [1.82, 2.24) is 0 Å². The zero-order valence-electron chi connectivity index (χ0n) is 16.6. The van der Waals surface area contributed by atoms with Gasteiger partial charge in [-0.1, -0.05) is 136 Å². The Morgan fingerprint density at radius 1 is 0.565 bits per heavy atom. The summed E-state index contributed by atoms with van der Waals surface area (Å²) in [7, 11) is 0. The van der Waals surface area contributed by atoms with Crippen LogP contribution in [0.4, 0.5) is 0 Å². The maximum atomic E-state index is 2.45. The Morgan fingerprint density at radius 3 is 1.65 bits per heavy atom. The largest absolute Gasteiger partial charge is 0.0654 e. The van der Waals surface area contributed by atoms with Gasteiger partial charge in [-0.15, -0.1) is 0 Å². The molecule has 0 aromatic carbocycles. The van der Waals surface area contributed by atoms with Crippen molar-refractivity contribution < 1.29 is 0 Å². The molecule has 0 aliphatic heterocycles. The van der Waals surface area contributed by atoms with Crippen LogP contribution in [0.5, 0.6) is 0 Å². The Balaban J connectivity index is 1.76. The van der Waals surface area contributed by atoms with Crippen LogP contribution in [-0.4, -0.2) is 0 Å². The minimum Gasteiger partial charge on any atom is -0.0654 e. The Hall–Kier alpha value is 0. The van der Waals surface area contributed by atoms with Crippen molar-refractivity contribution in [3.8, 4) is 0 Å². The van der Waals surface area contributed by atoms with Crippen LogP contribution < -0.4 is 0 Å². The zero-order chi connectivity index (χ0) is 16.6. The van der Waals surface area contributed by atoms with Crippen LogP contribution in [0.25, 0.3) is 0 Å². The highest BCUT2D eigenvalue weighted by atomic mass is 14.2. The highest BCUT2D eigenvalue weighted by molar-refractivity contribution is 4.68. The molecule has 1 rings (SSSR count). The van der Waals surface area contributed by atoms with Gasteiger partial charge < -0.3 is 0 Å². The summed E-state index contributed by atoms with van der Waals surface area (Å²) in [5.41, 5.74) is 0. The van der Waals surface area contributed by atoms with Crippen molar-refractivity contribution in [1.29, 1.82) is 0 Å². The van der Waals surface area contributed by atoms with Crippen molar-refractivity contribution in [2.75, 3.05) is 0 Å². The van der Waals surface area contributed by atoms with E-state index in [1.807, 2.05) is 0 Å². The Kier molecular flexibility index (Phi) is 14.2. The Labute approximate surface area is 148 Å². The van der Waals surface area contributed by atoms with Crippen molar-refractivity contribution >= 4 is 0 Å². The lowest BCUT2D eigenvalue weighted by Gasteiger charge is -2.13. The fourth-order valence-electron chi connectivity index (χ4n) is 4.30. The van der Waals surface area contributed by atoms with Gasteiger partial charge in [0.1, 0.15) is 0 Å². The minimum absolute atomic E-state index is 1.01. The van der Waals surface area contributed by atoms with E-state index in [2.05, 4.69) is 13.8 Å². The average Bonchev–Trinajstić information content (AvgIpc) is 2.76. The van der Waals surface area contributed by atoms with Gasteiger partial charge in [0.05, 0.1) is 0 Å². The first-order valence-electron chi connectivity index (χ1n) is 11.3. The highest BCUT2D eigenvalue weighted by Gasteiger charge is 2.15. The summed E-state index contributed by atoms with van der Waals surface area (Å²) >= 11 is 0. The molecular formula is C23H46. The van der Waals surface area contributed by atoms with Gasteiger partial charge in [0, 0.05) is 0 Å². The second kappa shape index (κ2) is 15.5. The Bertz CT molecular complexity index is 232. The van der Waals surface area contributed by atoms with Gasteiger partial charge in [-0.2, -0.15) is 0 Å². The van der Waals surface area contributed by atoms with Gasteiger partial charge in [-0.25, -0.2) is 0 Å². The van der Waals surface area contributed by atoms with Crippen molar-refractivity contribution in [3.05, 3.63) is 0 Å². The predicted molar refractivity (Wildman–Crippen MR) is 106 cm³/mol. The van der Waals surface area contributed by atoms with Crippen molar-refractivity contribution in [2.45, 2.75) is 136 Å². The van der Waals surface area contributed by atoms with E-state index >= 15 is 0 Å². The van der Waals surface area contributed by atoms with E-state index in [1.54, 1.807) is 0 Å². The molecule has 0 heterocycles. The van der Waals surface area contributed by atoms with E-state index in [0.717, 1.165) is 11.8 Å². The monoisotopic (exact) mass is 322 g/mol. The highest BCUT2D eigenvalue weighted by Crippen LogP contribution is 2.30. The van der Waals surface area contributed by atoms with Gasteiger partial charge in [0.15, 0.2) is 0 Å². The summed E-state index contributed by atoms with van der Waals surface area (Å²) < 4.78 is 0. The predicted octanol–water partition coefficient (Wildman–Crippen LogP) is 8.68. The normalized spacial score (nSPS) is 22.2. The average molecular weight is 323 g/mol. The number of hydrogen-bond acceptors (Lipinski definition) is 0. The molecular weight excluding hydrogens is 276 g/mol. The molecule has 0 nitrogen and oxygen atoms in total. The summed E-state index contributed by atoms with van der Waals surface area (Å²) in [6.45, 7) is 4.75. The second-order valence-corrected chi connectivity index (χ2v) is 8.51. The summed E-state index contributed by atoms with van der Waals surface area (Å²) in [4.78, 5) is 0. The van der Waals surface area contributed by atoms with Crippen LogP contribution in [0.3, 0.4) is 0 Å². The standard InChI is InChI=1S/C23H46/c1-3-4-5-6-7-8-9-10-11-12-13-14-15-18-23-19-16-17-22(2)20-21-23/h22-23H,3-21H2,1-2H3. The van der Waals surface area contributed by atoms with E-state index in [9.17, 15) is 0 Å². The van der Waals surface area contributed by atoms with Gasteiger partial charge in [-0.05, 0) is 11.8 Å². The minimum atomic E-state index is 1.01. The maximum Gasteiger partial charge on any atom is -0.0414 e. The van der Waals surface area contributed by atoms with Crippen LogP contribution in [0, 0.1) is 11.8 Å². The molecule has 2 unspecified atom stereocenters. The van der Waals surface area contributed by atoms with Crippen LogP contribution in [-0.2, 0) is 0 Å². The fraction of sp³-hybridized carbons (Fsp3) is 1.00. The van der Waals surface area contributed by atoms with Gasteiger partial charge in [-0.3, -0.25) is 0 Å². The molecule has 0 N–H and O–H groups in total. The smallest absolute Gasteiger partial charge is 0.0414 e. The van der Waals surface area contributed by atoms with E-state index in [-0.39, 0.29) is 0 Å². The molecule has 0 spiro atoms. The molecule has 0 aromatic heterocycles. The molecule has 1 fully saturated rings. The summed E-state index contributed by atoms with van der Waals surface area (Å²) in [6.07, 6.45) is 28.3. The van der Waals surface area contributed by atoms with Crippen molar-refractivity contribution in [3.63, 3.8) is 0 Å².